The number of piperidine rings is 1. The molecule has 3 aliphatic heterocycles. The predicted molar refractivity (Wildman–Crippen MR) is 171 cm³/mol. The smallest absolute Gasteiger partial charge is 0.222 e. The summed E-state index contributed by atoms with van der Waals surface area (Å²) in [6.07, 6.45) is 10.5. The first-order valence-electron chi connectivity index (χ1n) is 16.5. The minimum absolute atomic E-state index is 0.189. The van der Waals surface area contributed by atoms with Crippen molar-refractivity contribution < 1.29 is 14.6 Å². The molecule has 43 heavy (non-hydrogen) atoms. The van der Waals surface area contributed by atoms with E-state index in [0.717, 1.165) is 50.1 Å². The molecule has 4 fully saturated rings. The van der Waals surface area contributed by atoms with E-state index < -0.39 is 17.2 Å². The first-order valence-corrected chi connectivity index (χ1v) is 16.5. The summed E-state index contributed by atoms with van der Waals surface area (Å²) in [6.45, 7) is 3.34. The van der Waals surface area contributed by atoms with Gasteiger partial charge >= 0.3 is 0 Å². The number of hydrogen-bond donors (Lipinski definition) is 3. The van der Waals surface area contributed by atoms with Crippen molar-refractivity contribution in [1.29, 1.82) is 5.41 Å². The minimum atomic E-state index is -0.787. The number of likely N-dealkylation sites (tertiary alicyclic amines) is 2. The van der Waals surface area contributed by atoms with Gasteiger partial charge in [-0.25, -0.2) is 0 Å². The molecule has 3 unspecified atom stereocenters. The Hall–Kier alpha value is -2.84. The van der Waals surface area contributed by atoms with Crippen molar-refractivity contribution in [3.8, 4) is 5.75 Å². The predicted octanol–water partition coefficient (Wildman–Crippen LogP) is 4.13. The zero-order chi connectivity index (χ0) is 29.9. The third kappa shape index (κ3) is 6.10. The number of amides is 1. The molecule has 1 aliphatic carbocycles. The van der Waals surface area contributed by atoms with E-state index in [1.807, 2.05) is 58.3 Å². The Labute approximate surface area is 258 Å². The highest BCUT2D eigenvalue weighted by Crippen LogP contribution is 2.55. The van der Waals surface area contributed by atoms with Crippen molar-refractivity contribution in [2.24, 2.45) is 11.8 Å². The van der Waals surface area contributed by atoms with Crippen molar-refractivity contribution in [3.05, 3.63) is 60.2 Å². The van der Waals surface area contributed by atoms with E-state index in [0.29, 0.717) is 55.7 Å². The van der Waals surface area contributed by atoms with Crippen molar-refractivity contribution in [2.75, 3.05) is 32.8 Å². The summed E-state index contributed by atoms with van der Waals surface area (Å²) in [5.41, 5.74) is 0.596. The van der Waals surface area contributed by atoms with Crippen LogP contribution in [0.3, 0.4) is 0 Å². The highest BCUT2D eigenvalue weighted by atomic mass is 16.5. The number of carbonyl (C=O) groups is 1. The Kier molecular flexibility index (Phi) is 9.15. The van der Waals surface area contributed by atoms with E-state index in [2.05, 4.69) is 11.4 Å². The SMILES string of the molecule is [B]c1cccc(C2(CCC3CCCCC3)C(O)N(CC3CCN(C(=O)CCCOc4ccccc4)CC3)C(=N)C23CN3)c1. The Morgan fingerprint density at radius 2 is 1.77 bits per heavy atom. The van der Waals surface area contributed by atoms with Crippen LogP contribution < -0.4 is 15.5 Å². The molecule has 2 aromatic carbocycles. The molecule has 1 spiro atoms. The zero-order valence-electron chi connectivity index (χ0n) is 25.5. The summed E-state index contributed by atoms with van der Waals surface area (Å²) in [4.78, 5) is 16.9. The Balaban J connectivity index is 1.08. The van der Waals surface area contributed by atoms with Crippen molar-refractivity contribution in [1.82, 2.24) is 15.1 Å². The normalized spacial score (nSPS) is 28.0. The number of nitrogens with one attached hydrogen (secondary N) is 2. The van der Waals surface area contributed by atoms with Crippen LogP contribution in [0.4, 0.5) is 0 Å². The van der Waals surface area contributed by atoms with Crippen LogP contribution in [0.25, 0.3) is 0 Å². The van der Waals surface area contributed by atoms with Crippen LogP contribution in [0.1, 0.15) is 76.2 Å². The summed E-state index contributed by atoms with van der Waals surface area (Å²) >= 11 is 0. The topological polar surface area (TPSA) is 98.8 Å². The van der Waals surface area contributed by atoms with E-state index in [1.165, 1.54) is 32.1 Å². The first kappa shape index (κ1) is 30.2. The van der Waals surface area contributed by atoms with Crippen molar-refractivity contribution in [2.45, 2.75) is 87.8 Å². The van der Waals surface area contributed by atoms with Crippen molar-refractivity contribution in [3.63, 3.8) is 0 Å². The Morgan fingerprint density at radius 3 is 2.47 bits per heavy atom. The molecular formula is C35H47BN4O3. The van der Waals surface area contributed by atoms with Gasteiger partial charge in [0.05, 0.1) is 12.0 Å². The summed E-state index contributed by atoms with van der Waals surface area (Å²) in [7, 11) is 6.29. The maximum Gasteiger partial charge on any atom is 0.222 e. The van der Waals surface area contributed by atoms with E-state index >= 15 is 0 Å². The minimum Gasteiger partial charge on any atom is -0.494 e. The second-order valence-electron chi connectivity index (χ2n) is 13.4. The van der Waals surface area contributed by atoms with E-state index in [4.69, 9.17) is 12.6 Å². The van der Waals surface area contributed by atoms with Gasteiger partial charge in [0.1, 0.15) is 31.2 Å². The Bertz CT molecular complexity index is 1260. The molecule has 7 nitrogen and oxygen atoms in total. The summed E-state index contributed by atoms with van der Waals surface area (Å²) in [5.74, 6) is 2.55. The molecule has 1 saturated carbocycles. The summed E-state index contributed by atoms with van der Waals surface area (Å²) in [5, 5.41) is 25.2. The first-order chi connectivity index (χ1) is 20.9. The number of para-hydroxylation sites is 1. The number of rotatable bonds is 11. The number of benzene rings is 2. The standard InChI is InChI=1S/C35H47BN4O3/c36-29-12-7-11-28(23-29)34(19-16-26-9-3-1-4-10-26)33(42)40(32(37)35(34)25-38-35)24-27-17-20-39(21-18-27)31(41)15-8-22-43-30-13-5-2-6-14-30/h2,5-7,11-14,23,26-27,33,37-38,42H,1,3-4,8-10,15-22,24-25H2. The van der Waals surface area contributed by atoms with E-state index in [-0.39, 0.29) is 5.91 Å². The molecule has 3 atom stereocenters. The van der Waals surface area contributed by atoms with Crippen LogP contribution in [-0.4, -0.2) is 79.0 Å². The molecule has 8 heteroatoms. The largest absolute Gasteiger partial charge is 0.494 e. The molecule has 0 bridgehead atoms. The lowest BCUT2D eigenvalue weighted by molar-refractivity contribution is -0.133. The lowest BCUT2D eigenvalue weighted by Gasteiger charge is -2.40. The van der Waals surface area contributed by atoms with Crippen LogP contribution in [0.15, 0.2) is 54.6 Å². The van der Waals surface area contributed by atoms with Crippen molar-refractivity contribution >= 4 is 25.1 Å². The van der Waals surface area contributed by atoms with Gasteiger partial charge in [-0.05, 0) is 61.6 Å². The fraction of sp³-hybridized carbons (Fsp3) is 0.600. The van der Waals surface area contributed by atoms with Crippen LogP contribution in [0.5, 0.6) is 5.75 Å². The third-order valence-corrected chi connectivity index (χ3v) is 10.8. The molecule has 2 aromatic rings. The van der Waals surface area contributed by atoms with Gasteiger partial charge in [-0.15, -0.1) is 0 Å². The van der Waals surface area contributed by atoms with Gasteiger partial charge in [0.15, 0.2) is 0 Å². The molecule has 228 valence electrons. The molecule has 6 rings (SSSR count). The maximum atomic E-state index is 12.9. The molecule has 3 saturated heterocycles. The average molecular weight is 583 g/mol. The molecule has 0 aromatic heterocycles. The lowest BCUT2D eigenvalue weighted by Crippen LogP contribution is -2.51. The van der Waals surface area contributed by atoms with Gasteiger partial charge < -0.3 is 25.0 Å². The summed E-state index contributed by atoms with van der Waals surface area (Å²) in [6, 6.07) is 17.7. The fourth-order valence-corrected chi connectivity index (χ4v) is 8.16. The number of aliphatic hydroxyl groups excluding tert-OH is 1. The number of hydrogen-bond acceptors (Lipinski definition) is 5. The van der Waals surface area contributed by atoms with Crippen LogP contribution >= 0.6 is 0 Å². The second kappa shape index (κ2) is 13.0. The van der Waals surface area contributed by atoms with Gasteiger partial charge in [0, 0.05) is 32.6 Å². The number of amidine groups is 1. The molecular weight excluding hydrogens is 535 g/mol. The number of aliphatic hydroxyl groups is 1. The van der Waals surface area contributed by atoms with Crippen LogP contribution in [0, 0.1) is 17.2 Å². The monoisotopic (exact) mass is 582 g/mol. The van der Waals surface area contributed by atoms with Crippen LogP contribution in [0.2, 0.25) is 0 Å². The highest BCUT2D eigenvalue weighted by Gasteiger charge is 2.72. The second-order valence-corrected chi connectivity index (χ2v) is 13.4. The van der Waals surface area contributed by atoms with Gasteiger partial charge in [-0.1, -0.05) is 80.0 Å². The fourth-order valence-electron chi connectivity index (χ4n) is 8.16. The number of carbonyl (C=O) groups excluding carboxylic acids is 1. The average Bonchev–Trinajstić information content (AvgIpc) is 3.83. The van der Waals surface area contributed by atoms with Gasteiger partial charge in [0.2, 0.25) is 5.91 Å². The highest BCUT2D eigenvalue weighted by molar-refractivity contribution is 6.32. The van der Waals surface area contributed by atoms with E-state index in [1.54, 1.807) is 0 Å². The molecule has 2 radical (unpaired) electrons. The molecule has 1 amide bonds. The van der Waals surface area contributed by atoms with Gasteiger partial charge in [-0.3, -0.25) is 10.2 Å². The number of nitrogens with zero attached hydrogens (tertiary/aromatic N) is 2. The Morgan fingerprint density at radius 1 is 1.02 bits per heavy atom. The molecule has 3 N–H and O–H groups in total. The third-order valence-electron chi connectivity index (χ3n) is 10.8. The summed E-state index contributed by atoms with van der Waals surface area (Å²) < 4.78 is 5.75. The molecule has 4 aliphatic rings. The molecule has 3 heterocycles. The lowest BCUT2D eigenvalue weighted by atomic mass is 9.65. The van der Waals surface area contributed by atoms with Gasteiger partial charge in [-0.2, -0.15) is 0 Å². The van der Waals surface area contributed by atoms with E-state index in [9.17, 15) is 15.3 Å². The van der Waals surface area contributed by atoms with Crippen LogP contribution in [-0.2, 0) is 10.2 Å². The van der Waals surface area contributed by atoms with Gasteiger partial charge in [0.25, 0.3) is 0 Å². The quantitative estimate of drug-likeness (QED) is 0.210. The zero-order valence-corrected chi connectivity index (χ0v) is 25.5. The maximum absolute atomic E-state index is 12.9. The number of ether oxygens (including phenoxy) is 1.